The number of nitrogens with one attached hydrogen (secondary N) is 1. The molecule has 1 aliphatic carbocycles. The zero-order valence-electron chi connectivity index (χ0n) is 14.7. The summed E-state index contributed by atoms with van der Waals surface area (Å²) in [5, 5.41) is 0. The van der Waals surface area contributed by atoms with Crippen LogP contribution in [0.2, 0.25) is 0 Å². The van der Waals surface area contributed by atoms with Crippen LogP contribution in [0.15, 0.2) is 30.3 Å². The highest BCUT2D eigenvalue weighted by Crippen LogP contribution is 2.36. The standard InChI is InChI=1S/C20H31NO2/c1-3-21(4-2)15-16-23-20(22)19(17-11-7-5-8-12-17)18-13-9-6-10-14-18/h5,7-8,11-12,18-19H,3-4,6,9-10,13-16H2,1-2H3/p+1/t19-/m0/s1. The van der Waals surface area contributed by atoms with E-state index in [1.165, 1.54) is 24.2 Å². The molecule has 1 aromatic carbocycles. The van der Waals surface area contributed by atoms with Crippen LogP contribution < -0.4 is 4.90 Å². The molecule has 0 unspecified atom stereocenters. The Kier molecular flexibility index (Phi) is 7.60. The summed E-state index contributed by atoms with van der Waals surface area (Å²) in [5.41, 5.74) is 1.12. The van der Waals surface area contributed by atoms with Crippen molar-refractivity contribution in [2.24, 2.45) is 5.92 Å². The maximum absolute atomic E-state index is 12.8. The van der Waals surface area contributed by atoms with Gasteiger partial charge in [0.2, 0.25) is 0 Å². The van der Waals surface area contributed by atoms with Crippen LogP contribution in [-0.4, -0.2) is 32.2 Å². The molecule has 0 radical (unpaired) electrons. The molecule has 1 N–H and O–H groups in total. The van der Waals surface area contributed by atoms with Gasteiger partial charge in [-0.1, -0.05) is 49.6 Å². The van der Waals surface area contributed by atoms with Gasteiger partial charge in [0.1, 0.15) is 13.2 Å². The molecule has 0 amide bonds. The minimum absolute atomic E-state index is 0.0188. The molecule has 0 heterocycles. The summed E-state index contributed by atoms with van der Waals surface area (Å²) in [6.07, 6.45) is 6.08. The maximum Gasteiger partial charge on any atom is 0.313 e. The van der Waals surface area contributed by atoms with Crippen LogP contribution in [0.3, 0.4) is 0 Å². The smallest absolute Gasteiger partial charge is 0.313 e. The van der Waals surface area contributed by atoms with E-state index >= 15 is 0 Å². The Bertz CT molecular complexity index is 450. The molecule has 0 spiro atoms. The summed E-state index contributed by atoms with van der Waals surface area (Å²) < 4.78 is 5.69. The van der Waals surface area contributed by atoms with Crippen molar-refractivity contribution in [3.8, 4) is 0 Å². The van der Waals surface area contributed by atoms with E-state index in [-0.39, 0.29) is 11.9 Å². The van der Waals surface area contributed by atoms with E-state index in [0.29, 0.717) is 12.5 Å². The predicted molar refractivity (Wildman–Crippen MR) is 93.6 cm³/mol. The topological polar surface area (TPSA) is 30.7 Å². The SMILES string of the molecule is CC[NH+](CC)CCOC(=O)[C@@H](c1ccccc1)C1CCCCC1. The first-order valence-electron chi connectivity index (χ1n) is 9.31. The molecule has 0 bridgehead atoms. The number of benzene rings is 1. The zero-order valence-corrected chi connectivity index (χ0v) is 14.7. The number of carbonyl (C=O) groups is 1. The number of likely N-dealkylation sites (N-methyl/N-ethyl adjacent to an activating group) is 1. The normalized spacial score (nSPS) is 17.2. The van der Waals surface area contributed by atoms with Gasteiger partial charge >= 0.3 is 5.97 Å². The van der Waals surface area contributed by atoms with Crippen molar-refractivity contribution in [2.45, 2.75) is 51.9 Å². The van der Waals surface area contributed by atoms with Gasteiger partial charge in [-0.25, -0.2) is 0 Å². The van der Waals surface area contributed by atoms with Crippen molar-refractivity contribution < 1.29 is 14.4 Å². The monoisotopic (exact) mass is 318 g/mol. The Morgan fingerprint density at radius 1 is 1.13 bits per heavy atom. The van der Waals surface area contributed by atoms with Crippen LogP contribution in [0.25, 0.3) is 0 Å². The van der Waals surface area contributed by atoms with Crippen LogP contribution in [0, 0.1) is 5.92 Å². The van der Waals surface area contributed by atoms with Crippen molar-refractivity contribution >= 4 is 5.97 Å². The van der Waals surface area contributed by atoms with Crippen LogP contribution in [0.4, 0.5) is 0 Å². The lowest BCUT2D eigenvalue weighted by Crippen LogP contribution is -3.11. The summed E-state index contributed by atoms with van der Waals surface area (Å²) >= 11 is 0. The number of esters is 1. The van der Waals surface area contributed by atoms with Crippen molar-refractivity contribution in [3.63, 3.8) is 0 Å². The van der Waals surface area contributed by atoms with Crippen molar-refractivity contribution in [1.29, 1.82) is 0 Å². The van der Waals surface area contributed by atoms with Gasteiger partial charge in [-0.15, -0.1) is 0 Å². The Balaban J connectivity index is 2.00. The maximum atomic E-state index is 12.8. The molecule has 128 valence electrons. The fourth-order valence-corrected chi connectivity index (χ4v) is 3.72. The van der Waals surface area contributed by atoms with Gasteiger partial charge in [0.25, 0.3) is 0 Å². The average molecular weight is 318 g/mol. The lowest BCUT2D eigenvalue weighted by Gasteiger charge is -2.29. The van der Waals surface area contributed by atoms with Gasteiger partial charge in [-0.2, -0.15) is 0 Å². The van der Waals surface area contributed by atoms with Crippen LogP contribution >= 0.6 is 0 Å². The second kappa shape index (κ2) is 9.71. The van der Waals surface area contributed by atoms with Crippen molar-refractivity contribution in [1.82, 2.24) is 0 Å². The van der Waals surface area contributed by atoms with E-state index in [2.05, 4.69) is 26.0 Å². The van der Waals surface area contributed by atoms with E-state index < -0.39 is 0 Å². The number of carbonyl (C=O) groups excluding carboxylic acids is 1. The molecule has 1 fully saturated rings. The molecule has 0 aliphatic heterocycles. The third-order valence-corrected chi connectivity index (χ3v) is 5.23. The number of quaternary nitrogens is 1. The van der Waals surface area contributed by atoms with Gasteiger partial charge in [-0.3, -0.25) is 4.79 Å². The molecule has 2 rings (SSSR count). The first-order chi connectivity index (χ1) is 11.3. The summed E-state index contributed by atoms with van der Waals surface area (Å²) in [6.45, 7) is 7.96. The zero-order chi connectivity index (χ0) is 16.5. The van der Waals surface area contributed by atoms with E-state index in [0.717, 1.165) is 38.0 Å². The molecular formula is C20H32NO2+. The van der Waals surface area contributed by atoms with E-state index in [9.17, 15) is 4.79 Å². The summed E-state index contributed by atoms with van der Waals surface area (Å²) in [6, 6.07) is 10.2. The Morgan fingerprint density at radius 2 is 1.78 bits per heavy atom. The first-order valence-corrected chi connectivity index (χ1v) is 9.31. The molecule has 0 aromatic heterocycles. The average Bonchev–Trinajstić information content (AvgIpc) is 2.61. The number of hydrogen-bond acceptors (Lipinski definition) is 2. The Morgan fingerprint density at radius 3 is 2.39 bits per heavy atom. The predicted octanol–water partition coefficient (Wildman–Crippen LogP) is 2.82. The van der Waals surface area contributed by atoms with Crippen LogP contribution in [0.5, 0.6) is 0 Å². The minimum atomic E-state index is -0.0804. The summed E-state index contributed by atoms with van der Waals surface area (Å²) in [4.78, 5) is 14.2. The second-order valence-electron chi connectivity index (χ2n) is 6.66. The molecule has 1 aliphatic rings. The first kappa shape index (κ1) is 18.0. The highest BCUT2D eigenvalue weighted by Gasteiger charge is 2.32. The van der Waals surface area contributed by atoms with Crippen LogP contribution in [0.1, 0.15) is 57.4 Å². The quantitative estimate of drug-likeness (QED) is 0.747. The van der Waals surface area contributed by atoms with Gasteiger partial charge in [0, 0.05) is 0 Å². The Hall–Kier alpha value is -1.35. The molecule has 3 nitrogen and oxygen atoms in total. The van der Waals surface area contributed by atoms with Crippen molar-refractivity contribution in [2.75, 3.05) is 26.2 Å². The third kappa shape index (κ3) is 5.35. The highest BCUT2D eigenvalue weighted by atomic mass is 16.5. The van der Waals surface area contributed by atoms with E-state index in [1.807, 2.05) is 18.2 Å². The number of hydrogen-bond donors (Lipinski definition) is 1. The van der Waals surface area contributed by atoms with E-state index in [4.69, 9.17) is 4.74 Å². The lowest BCUT2D eigenvalue weighted by atomic mass is 9.77. The summed E-state index contributed by atoms with van der Waals surface area (Å²) in [5.74, 6) is 0.345. The number of ether oxygens (including phenoxy) is 1. The van der Waals surface area contributed by atoms with E-state index in [1.54, 1.807) is 0 Å². The highest BCUT2D eigenvalue weighted by molar-refractivity contribution is 5.78. The Labute approximate surface area is 141 Å². The van der Waals surface area contributed by atoms with Crippen LogP contribution in [-0.2, 0) is 9.53 Å². The molecule has 1 aromatic rings. The second-order valence-corrected chi connectivity index (χ2v) is 6.66. The molecule has 3 heteroatoms. The fraction of sp³-hybridized carbons (Fsp3) is 0.650. The molecule has 23 heavy (non-hydrogen) atoms. The fourth-order valence-electron chi connectivity index (χ4n) is 3.72. The minimum Gasteiger partial charge on any atom is -0.459 e. The molecule has 1 saturated carbocycles. The van der Waals surface area contributed by atoms with Gasteiger partial charge in [-0.05, 0) is 38.2 Å². The summed E-state index contributed by atoms with van der Waals surface area (Å²) in [7, 11) is 0. The lowest BCUT2D eigenvalue weighted by molar-refractivity contribution is -0.896. The molecule has 1 atom stereocenters. The van der Waals surface area contributed by atoms with Gasteiger partial charge in [0.05, 0.1) is 19.0 Å². The third-order valence-electron chi connectivity index (χ3n) is 5.23. The van der Waals surface area contributed by atoms with Crippen molar-refractivity contribution in [3.05, 3.63) is 35.9 Å². The number of rotatable bonds is 8. The largest absolute Gasteiger partial charge is 0.459 e. The molecule has 0 saturated heterocycles. The van der Waals surface area contributed by atoms with Gasteiger partial charge in [0.15, 0.2) is 0 Å². The van der Waals surface area contributed by atoms with Gasteiger partial charge < -0.3 is 9.64 Å². The molecular weight excluding hydrogens is 286 g/mol.